The highest BCUT2D eigenvalue weighted by atomic mass is 16.6. The van der Waals surface area contributed by atoms with Gasteiger partial charge in [0, 0.05) is 0 Å². The van der Waals surface area contributed by atoms with E-state index in [9.17, 15) is 0 Å². The van der Waals surface area contributed by atoms with Crippen molar-refractivity contribution in [3.8, 4) is 12.1 Å². The second-order valence-electron chi connectivity index (χ2n) is 2.72. The molecule has 0 aliphatic carbocycles. The Balaban J connectivity index is 3.82. The molecule has 0 heterocycles. The zero-order valence-corrected chi connectivity index (χ0v) is 7.95. The number of rotatable bonds is 5. The van der Waals surface area contributed by atoms with Gasteiger partial charge >= 0.3 is 0 Å². The molecule has 0 saturated carbocycles. The number of nitrogens with zero attached hydrogens (tertiary/aromatic N) is 3. The monoisotopic (exact) mass is 179 g/mol. The van der Waals surface area contributed by atoms with Crippen LogP contribution in [0.2, 0.25) is 0 Å². The highest BCUT2D eigenvalue weighted by Gasteiger charge is 2.01. The summed E-state index contributed by atoms with van der Waals surface area (Å²) in [5.41, 5.74) is -0.233. The third kappa shape index (κ3) is 5.69. The van der Waals surface area contributed by atoms with E-state index < -0.39 is 0 Å². The smallest absolute Gasteiger partial charge is 0.256 e. The summed E-state index contributed by atoms with van der Waals surface area (Å²) in [6, 6.07) is 3.25. The molecule has 0 spiro atoms. The fourth-order valence-electron chi connectivity index (χ4n) is 0.753. The molecule has 0 aliphatic heterocycles. The van der Waals surface area contributed by atoms with Gasteiger partial charge in [-0.25, -0.2) is 0 Å². The Morgan fingerprint density at radius 1 is 1.46 bits per heavy atom. The number of nitriles is 2. The fourth-order valence-corrected chi connectivity index (χ4v) is 0.753. The summed E-state index contributed by atoms with van der Waals surface area (Å²) in [4.78, 5) is 4.93. The molecule has 70 valence electrons. The minimum absolute atomic E-state index is 0.0309. The molecule has 0 aliphatic rings. The van der Waals surface area contributed by atoms with Crippen molar-refractivity contribution in [2.24, 2.45) is 5.16 Å². The van der Waals surface area contributed by atoms with Crippen LogP contribution in [0, 0.1) is 22.7 Å². The van der Waals surface area contributed by atoms with Crippen LogP contribution in [0.25, 0.3) is 0 Å². The fraction of sp³-hybridized carbons (Fsp3) is 0.667. The Bertz CT molecular complexity index is 231. The first kappa shape index (κ1) is 11.4. The highest BCUT2D eigenvalue weighted by Crippen LogP contribution is 2.03. The molecule has 0 aromatic heterocycles. The second-order valence-corrected chi connectivity index (χ2v) is 2.72. The molecule has 4 heteroatoms. The van der Waals surface area contributed by atoms with Crippen molar-refractivity contribution in [1.29, 1.82) is 10.5 Å². The molecule has 0 amide bonds. The molecule has 0 fully saturated rings. The average molecular weight is 179 g/mol. The van der Waals surface area contributed by atoms with E-state index >= 15 is 0 Å². The lowest BCUT2D eigenvalue weighted by molar-refractivity contribution is 0.0654. The molecule has 0 rings (SSSR count). The van der Waals surface area contributed by atoms with Gasteiger partial charge in [-0.2, -0.15) is 10.5 Å². The predicted molar refractivity (Wildman–Crippen MR) is 48.7 cm³/mol. The molecule has 4 nitrogen and oxygen atoms in total. The molecule has 0 aromatic carbocycles. The van der Waals surface area contributed by atoms with Crippen LogP contribution in [-0.4, -0.2) is 11.8 Å². The van der Waals surface area contributed by atoms with Gasteiger partial charge in [0.1, 0.15) is 18.2 Å². The van der Waals surface area contributed by atoms with Gasteiger partial charge in [-0.15, -0.1) is 0 Å². The standard InChI is InChI=1S/C9H13N3O/c1-3-4-5-8(2)13-12-9(6-10)7-11/h8H,3-5H2,1-2H3. The van der Waals surface area contributed by atoms with Gasteiger partial charge in [-0.05, 0) is 19.8 Å². The first-order valence-corrected chi connectivity index (χ1v) is 4.28. The maximum absolute atomic E-state index is 8.33. The Morgan fingerprint density at radius 2 is 2.08 bits per heavy atom. The Labute approximate surface area is 78.4 Å². The van der Waals surface area contributed by atoms with E-state index in [-0.39, 0.29) is 11.8 Å². The van der Waals surface area contributed by atoms with Crippen LogP contribution in [0.4, 0.5) is 0 Å². The van der Waals surface area contributed by atoms with Gasteiger partial charge in [0.2, 0.25) is 0 Å². The first-order chi connectivity index (χ1) is 6.24. The summed E-state index contributed by atoms with van der Waals surface area (Å²) in [5, 5.41) is 20.1. The summed E-state index contributed by atoms with van der Waals surface area (Å²) in [6.45, 7) is 3.96. The van der Waals surface area contributed by atoms with Crippen molar-refractivity contribution >= 4 is 5.71 Å². The summed E-state index contributed by atoms with van der Waals surface area (Å²) in [6.07, 6.45) is 3.02. The molecular formula is C9H13N3O. The molecule has 1 atom stereocenters. The van der Waals surface area contributed by atoms with Gasteiger partial charge in [0.15, 0.2) is 0 Å². The van der Waals surface area contributed by atoms with E-state index in [1.165, 1.54) is 0 Å². The van der Waals surface area contributed by atoms with E-state index in [0.29, 0.717) is 0 Å². The third-order valence-electron chi connectivity index (χ3n) is 1.50. The molecule has 0 saturated heterocycles. The van der Waals surface area contributed by atoms with Crippen LogP contribution in [0.15, 0.2) is 5.16 Å². The SMILES string of the molecule is CCCCC(C)ON=C(C#N)C#N. The lowest BCUT2D eigenvalue weighted by Crippen LogP contribution is -2.05. The molecule has 0 N–H and O–H groups in total. The van der Waals surface area contributed by atoms with Crippen molar-refractivity contribution in [2.45, 2.75) is 39.2 Å². The van der Waals surface area contributed by atoms with Crippen molar-refractivity contribution < 1.29 is 4.84 Å². The van der Waals surface area contributed by atoms with Crippen molar-refractivity contribution in [3.63, 3.8) is 0 Å². The van der Waals surface area contributed by atoms with Gasteiger partial charge in [-0.3, -0.25) is 0 Å². The van der Waals surface area contributed by atoms with Gasteiger partial charge in [0.25, 0.3) is 5.71 Å². The van der Waals surface area contributed by atoms with Crippen molar-refractivity contribution in [3.05, 3.63) is 0 Å². The summed E-state index contributed by atoms with van der Waals surface area (Å²) < 4.78 is 0. The van der Waals surface area contributed by atoms with Crippen molar-refractivity contribution in [1.82, 2.24) is 0 Å². The minimum Gasteiger partial charge on any atom is -0.391 e. The first-order valence-electron chi connectivity index (χ1n) is 4.28. The average Bonchev–Trinajstić information content (AvgIpc) is 2.16. The van der Waals surface area contributed by atoms with E-state index in [4.69, 9.17) is 15.4 Å². The van der Waals surface area contributed by atoms with Crippen LogP contribution in [0.3, 0.4) is 0 Å². The lowest BCUT2D eigenvalue weighted by atomic mass is 10.2. The third-order valence-corrected chi connectivity index (χ3v) is 1.50. The molecule has 13 heavy (non-hydrogen) atoms. The Hall–Kier alpha value is -1.55. The lowest BCUT2D eigenvalue weighted by Gasteiger charge is -2.07. The largest absolute Gasteiger partial charge is 0.391 e. The summed E-state index contributed by atoms with van der Waals surface area (Å²) in [7, 11) is 0. The number of hydrogen-bond donors (Lipinski definition) is 0. The number of oxime groups is 1. The van der Waals surface area contributed by atoms with E-state index in [0.717, 1.165) is 19.3 Å². The molecular weight excluding hydrogens is 166 g/mol. The summed E-state index contributed by atoms with van der Waals surface area (Å²) >= 11 is 0. The molecule has 0 radical (unpaired) electrons. The van der Waals surface area contributed by atoms with E-state index in [1.807, 2.05) is 6.92 Å². The Morgan fingerprint density at radius 3 is 2.54 bits per heavy atom. The van der Waals surface area contributed by atoms with Crippen LogP contribution in [0.1, 0.15) is 33.1 Å². The normalized spacial score (nSPS) is 10.8. The molecule has 0 bridgehead atoms. The minimum atomic E-state index is -0.233. The van der Waals surface area contributed by atoms with Gasteiger partial charge < -0.3 is 4.84 Å². The second kappa shape index (κ2) is 7.12. The quantitative estimate of drug-likeness (QED) is 0.478. The maximum atomic E-state index is 8.33. The Kier molecular flexibility index (Phi) is 6.27. The number of unbranched alkanes of at least 4 members (excludes halogenated alkanes) is 1. The van der Waals surface area contributed by atoms with E-state index in [1.54, 1.807) is 12.1 Å². The predicted octanol–water partition coefficient (Wildman–Crippen LogP) is 1.98. The topological polar surface area (TPSA) is 69.2 Å². The zero-order chi connectivity index (χ0) is 10.1. The molecule has 0 aromatic rings. The van der Waals surface area contributed by atoms with Crippen LogP contribution in [0.5, 0.6) is 0 Å². The maximum Gasteiger partial charge on any atom is 0.256 e. The highest BCUT2D eigenvalue weighted by molar-refractivity contribution is 6.09. The van der Waals surface area contributed by atoms with Crippen molar-refractivity contribution in [2.75, 3.05) is 0 Å². The van der Waals surface area contributed by atoms with Gasteiger partial charge in [-0.1, -0.05) is 18.5 Å². The summed E-state index contributed by atoms with van der Waals surface area (Å²) in [5.74, 6) is 0. The van der Waals surface area contributed by atoms with Crippen LogP contribution < -0.4 is 0 Å². The van der Waals surface area contributed by atoms with Crippen LogP contribution >= 0.6 is 0 Å². The van der Waals surface area contributed by atoms with Gasteiger partial charge in [0.05, 0.1) is 0 Å². The van der Waals surface area contributed by atoms with Crippen LogP contribution in [-0.2, 0) is 4.84 Å². The van der Waals surface area contributed by atoms with E-state index in [2.05, 4.69) is 12.1 Å². The number of hydrogen-bond acceptors (Lipinski definition) is 4. The molecule has 1 unspecified atom stereocenters. The zero-order valence-electron chi connectivity index (χ0n) is 7.95.